The van der Waals surface area contributed by atoms with E-state index in [9.17, 15) is 4.79 Å². The van der Waals surface area contributed by atoms with Gasteiger partial charge in [0.15, 0.2) is 0 Å². The van der Waals surface area contributed by atoms with Gasteiger partial charge >= 0.3 is 5.97 Å². The first-order valence-electron chi connectivity index (χ1n) is 10.0. The fourth-order valence-corrected chi connectivity index (χ4v) is 1.87. The lowest BCUT2D eigenvalue weighted by Gasteiger charge is -2.19. The van der Waals surface area contributed by atoms with Gasteiger partial charge in [0.1, 0.15) is 5.60 Å². The van der Waals surface area contributed by atoms with Gasteiger partial charge in [-0.15, -0.1) is 0 Å². The van der Waals surface area contributed by atoms with Crippen LogP contribution in [0.1, 0.15) is 41.0 Å². The van der Waals surface area contributed by atoms with Crippen molar-refractivity contribution in [3.8, 4) is 0 Å². The number of hydrogen-bond acceptors (Lipinski definition) is 8. The number of hydrogen-bond donors (Lipinski definition) is 0. The number of carbonyl (C=O) groups is 1. The predicted octanol–water partition coefficient (Wildman–Crippen LogP) is 2.23. The van der Waals surface area contributed by atoms with Crippen molar-refractivity contribution in [1.82, 2.24) is 0 Å². The van der Waals surface area contributed by atoms with Crippen molar-refractivity contribution in [3.05, 3.63) is 0 Å². The summed E-state index contributed by atoms with van der Waals surface area (Å²) < 4.78 is 37.4. The van der Waals surface area contributed by atoms with Crippen LogP contribution in [0.25, 0.3) is 0 Å². The van der Waals surface area contributed by atoms with Crippen molar-refractivity contribution in [1.29, 1.82) is 0 Å². The summed E-state index contributed by atoms with van der Waals surface area (Å²) in [6.45, 7) is 15.1. The molecule has 0 amide bonds. The van der Waals surface area contributed by atoms with Crippen LogP contribution in [-0.2, 0) is 38.0 Å². The molecule has 0 saturated carbocycles. The van der Waals surface area contributed by atoms with Gasteiger partial charge in [-0.05, 0) is 34.6 Å². The lowest BCUT2D eigenvalue weighted by Crippen LogP contribution is -2.24. The molecule has 0 N–H and O–H groups in total. The quantitative estimate of drug-likeness (QED) is 0.238. The summed E-state index contributed by atoms with van der Waals surface area (Å²) in [4.78, 5) is 11.5. The monoisotopic (exact) mass is 408 g/mol. The molecule has 0 radical (unpaired) electrons. The highest BCUT2D eigenvalue weighted by Gasteiger charge is 2.15. The zero-order valence-electron chi connectivity index (χ0n) is 18.3. The molecule has 0 aliphatic carbocycles. The molecule has 0 bridgehead atoms. The zero-order chi connectivity index (χ0) is 21.1. The molecule has 0 aliphatic rings. The van der Waals surface area contributed by atoms with Gasteiger partial charge in [0.2, 0.25) is 0 Å². The molecule has 168 valence electrons. The highest BCUT2D eigenvalue weighted by Crippen LogP contribution is 2.07. The smallest absolute Gasteiger partial charge is 0.308 e. The predicted molar refractivity (Wildman–Crippen MR) is 106 cm³/mol. The minimum atomic E-state index is -0.457. The first-order chi connectivity index (χ1) is 13.3. The second kappa shape index (κ2) is 18.3. The van der Waals surface area contributed by atoms with E-state index in [1.165, 1.54) is 0 Å². The van der Waals surface area contributed by atoms with E-state index < -0.39 is 5.60 Å². The van der Waals surface area contributed by atoms with Gasteiger partial charge < -0.3 is 33.2 Å². The van der Waals surface area contributed by atoms with Gasteiger partial charge in [-0.25, -0.2) is 0 Å². The van der Waals surface area contributed by atoms with E-state index >= 15 is 0 Å². The van der Waals surface area contributed by atoms with Gasteiger partial charge in [-0.2, -0.15) is 0 Å². The molecule has 0 saturated heterocycles. The molecule has 0 aliphatic heterocycles. The van der Waals surface area contributed by atoms with Crippen molar-refractivity contribution < 1.29 is 38.0 Å². The maximum absolute atomic E-state index is 11.5. The summed E-state index contributed by atoms with van der Waals surface area (Å²) in [5.41, 5.74) is -0.457. The fourth-order valence-electron chi connectivity index (χ4n) is 1.87. The molecule has 0 spiro atoms. The summed E-state index contributed by atoms with van der Waals surface area (Å²) in [5, 5.41) is 0. The number of esters is 1. The Kier molecular flexibility index (Phi) is 17.8. The topological polar surface area (TPSA) is 81.7 Å². The van der Waals surface area contributed by atoms with Crippen molar-refractivity contribution in [2.75, 3.05) is 72.7 Å². The Labute approximate surface area is 170 Å². The molecule has 8 nitrogen and oxygen atoms in total. The second-order valence-electron chi connectivity index (χ2n) is 7.32. The van der Waals surface area contributed by atoms with E-state index in [2.05, 4.69) is 0 Å². The summed E-state index contributed by atoms with van der Waals surface area (Å²) in [5.74, 6) is -0.254. The van der Waals surface area contributed by atoms with E-state index in [4.69, 9.17) is 33.2 Å². The maximum Gasteiger partial charge on any atom is 0.308 e. The minimum Gasteiger partial charge on any atom is -0.460 e. The van der Waals surface area contributed by atoms with Crippen molar-refractivity contribution >= 4 is 5.97 Å². The molecule has 0 aromatic rings. The van der Waals surface area contributed by atoms with Gasteiger partial charge in [-0.1, -0.05) is 0 Å². The van der Waals surface area contributed by atoms with Crippen LogP contribution in [0, 0.1) is 0 Å². The Morgan fingerprint density at radius 3 is 1.36 bits per heavy atom. The summed E-state index contributed by atoms with van der Waals surface area (Å²) >= 11 is 0. The highest BCUT2D eigenvalue weighted by atomic mass is 16.6. The van der Waals surface area contributed by atoms with Crippen LogP contribution in [0.15, 0.2) is 0 Å². The second-order valence-corrected chi connectivity index (χ2v) is 7.32. The molecule has 28 heavy (non-hydrogen) atoms. The van der Waals surface area contributed by atoms with Crippen LogP contribution in [0.4, 0.5) is 0 Å². The summed E-state index contributed by atoms with van der Waals surface area (Å²) in [6.07, 6.45) is 0.481. The Morgan fingerprint density at radius 1 is 0.643 bits per heavy atom. The van der Waals surface area contributed by atoms with E-state index in [1.54, 1.807) is 0 Å². The number of ether oxygens (including phenoxy) is 7. The first kappa shape index (κ1) is 27.2. The van der Waals surface area contributed by atoms with Crippen LogP contribution in [0.3, 0.4) is 0 Å². The molecule has 0 fully saturated rings. The Hall–Kier alpha value is -0.770. The Morgan fingerprint density at radius 2 is 1.00 bits per heavy atom. The molecule has 8 heteroatoms. The number of rotatable bonds is 19. The van der Waals surface area contributed by atoms with Gasteiger partial charge in [0.05, 0.1) is 85.2 Å². The zero-order valence-corrected chi connectivity index (χ0v) is 18.3. The lowest BCUT2D eigenvalue weighted by atomic mass is 10.2. The molecule has 0 aromatic heterocycles. The Bertz CT molecular complexity index is 355. The van der Waals surface area contributed by atoms with E-state index in [0.29, 0.717) is 72.7 Å². The average Bonchev–Trinajstić information content (AvgIpc) is 2.59. The first-order valence-corrected chi connectivity index (χ1v) is 10.0. The summed E-state index contributed by atoms with van der Waals surface area (Å²) in [7, 11) is 0. The molecule has 0 aromatic carbocycles. The highest BCUT2D eigenvalue weighted by molar-refractivity contribution is 5.69. The van der Waals surface area contributed by atoms with Gasteiger partial charge in [0.25, 0.3) is 0 Å². The number of carbonyl (C=O) groups excluding carboxylic acids is 1. The Balaban J connectivity index is 3.13. The lowest BCUT2D eigenvalue weighted by molar-refractivity contribution is -0.156. The SMILES string of the molecule is CC(C)OCCOCCOCCOCCOCCOCCC(=O)OC(C)(C)C. The van der Waals surface area contributed by atoms with Crippen LogP contribution < -0.4 is 0 Å². The van der Waals surface area contributed by atoms with Gasteiger partial charge in [-0.3, -0.25) is 4.79 Å². The third-order valence-corrected chi connectivity index (χ3v) is 3.04. The standard InChI is InChI=1S/C20H40O8/c1-18(2)27-17-16-26-15-14-25-13-12-24-11-10-23-9-8-22-7-6-19(21)28-20(3,4)5/h18H,6-17H2,1-5H3. The van der Waals surface area contributed by atoms with Crippen LogP contribution in [0.5, 0.6) is 0 Å². The molecule has 0 heterocycles. The molecule has 0 unspecified atom stereocenters. The fraction of sp³-hybridized carbons (Fsp3) is 0.950. The third-order valence-electron chi connectivity index (χ3n) is 3.04. The van der Waals surface area contributed by atoms with E-state index in [1.807, 2.05) is 34.6 Å². The molecular weight excluding hydrogens is 368 g/mol. The van der Waals surface area contributed by atoms with Crippen molar-refractivity contribution in [2.45, 2.75) is 52.7 Å². The average molecular weight is 409 g/mol. The van der Waals surface area contributed by atoms with Crippen molar-refractivity contribution in [3.63, 3.8) is 0 Å². The van der Waals surface area contributed by atoms with Gasteiger partial charge in [0, 0.05) is 0 Å². The molecular formula is C20H40O8. The molecule has 0 atom stereocenters. The van der Waals surface area contributed by atoms with Crippen LogP contribution in [0.2, 0.25) is 0 Å². The molecule has 0 rings (SSSR count). The minimum absolute atomic E-state index is 0.234. The largest absolute Gasteiger partial charge is 0.460 e. The third kappa shape index (κ3) is 23.3. The van der Waals surface area contributed by atoms with Crippen LogP contribution in [-0.4, -0.2) is 90.4 Å². The maximum atomic E-state index is 11.5. The van der Waals surface area contributed by atoms with Crippen molar-refractivity contribution in [2.24, 2.45) is 0 Å². The van der Waals surface area contributed by atoms with E-state index in [-0.39, 0.29) is 18.5 Å². The summed E-state index contributed by atoms with van der Waals surface area (Å²) in [6, 6.07) is 0. The normalized spacial score (nSPS) is 11.9. The van der Waals surface area contributed by atoms with Crippen LogP contribution >= 0.6 is 0 Å². The van der Waals surface area contributed by atoms with E-state index in [0.717, 1.165) is 0 Å².